The van der Waals surface area contributed by atoms with Crippen LogP contribution in [0.5, 0.6) is 0 Å². The zero-order valence-electron chi connectivity index (χ0n) is 12.6. The minimum Gasteiger partial charge on any atom is -0.235 e. The molecule has 19 heavy (non-hydrogen) atoms. The highest BCUT2D eigenvalue weighted by Crippen LogP contribution is 2.10. The van der Waals surface area contributed by atoms with Crippen LogP contribution in [0, 0.1) is 12.8 Å². The Morgan fingerprint density at radius 1 is 1.11 bits per heavy atom. The summed E-state index contributed by atoms with van der Waals surface area (Å²) in [6.45, 7) is 10.9. The third-order valence-corrected chi connectivity index (χ3v) is 3.62. The van der Waals surface area contributed by atoms with Crippen LogP contribution in [-0.2, 0) is 19.5 Å². The van der Waals surface area contributed by atoms with Gasteiger partial charge < -0.3 is 0 Å². The Labute approximate surface area is 116 Å². The van der Waals surface area contributed by atoms with E-state index in [4.69, 9.17) is 0 Å². The Bertz CT molecular complexity index is 521. The van der Waals surface area contributed by atoms with E-state index >= 15 is 0 Å². The topological polar surface area (TPSA) is 8.81 Å². The molecule has 0 fully saturated rings. The van der Waals surface area contributed by atoms with E-state index in [2.05, 4.69) is 73.5 Å². The van der Waals surface area contributed by atoms with E-state index in [0.717, 1.165) is 19.0 Å². The first-order chi connectivity index (χ1) is 9.10. The number of hydrogen-bond acceptors (Lipinski definition) is 0. The van der Waals surface area contributed by atoms with Gasteiger partial charge in [0.2, 0.25) is 0 Å². The van der Waals surface area contributed by atoms with Crippen LogP contribution in [0.1, 0.15) is 37.7 Å². The van der Waals surface area contributed by atoms with Crippen LogP contribution in [0.2, 0.25) is 0 Å². The number of aromatic nitrogens is 2. The van der Waals surface area contributed by atoms with Crippen LogP contribution < -0.4 is 4.57 Å². The van der Waals surface area contributed by atoms with E-state index in [-0.39, 0.29) is 0 Å². The monoisotopic (exact) mass is 257 g/mol. The summed E-state index contributed by atoms with van der Waals surface area (Å²) in [5.74, 6) is 2.04. The lowest BCUT2D eigenvalue weighted by Crippen LogP contribution is -2.36. The molecular weight excluding hydrogens is 232 g/mol. The van der Waals surface area contributed by atoms with Gasteiger partial charge in [0.05, 0.1) is 6.54 Å². The molecule has 0 spiro atoms. The highest BCUT2D eigenvalue weighted by Gasteiger charge is 2.10. The first kappa shape index (κ1) is 13.9. The van der Waals surface area contributed by atoms with Crippen molar-refractivity contribution in [2.75, 3.05) is 0 Å². The van der Waals surface area contributed by atoms with E-state index in [1.54, 1.807) is 0 Å². The molecule has 0 amide bonds. The van der Waals surface area contributed by atoms with Crippen LogP contribution >= 0.6 is 0 Å². The Kier molecular flexibility index (Phi) is 4.41. The summed E-state index contributed by atoms with van der Waals surface area (Å²) >= 11 is 0. The molecule has 0 unspecified atom stereocenters. The third kappa shape index (κ3) is 3.46. The fourth-order valence-electron chi connectivity index (χ4n) is 2.49. The molecule has 2 aromatic rings. The minimum atomic E-state index is 0.723. The van der Waals surface area contributed by atoms with E-state index in [1.165, 1.54) is 23.4 Å². The van der Waals surface area contributed by atoms with Crippen molar-refractivity contribution in [1.29, 1.82) is 0 Å². The summed E-state index contributed by atoms with van der Waals surface area (Å²) in [6.07, 6.45) is 5.49. The van der Waals surface area contributed by atoms with Gasteiger partial charge in [0.15, 0.2) is 0 Å². The van der Waals surface area contributed by atoms with Crippen LogP contribution in [0.25, 0.3) is 0 Å². The fraction of sp³-hybridized carbons (Fsp3) is 0.471. The van der Waals surface area contributed by atoms with Gasteiger partial charge >= 0.3 is 0 Å². The Hall–Kier alpha value is -1.57. The smallest absolute Gasteiger partial charge is 0.235 e. The van der Waals surface area contributed by atoms with Gasteiger partial charge in [0, 0.05) is 6.92 Å². The first-order valence-corrected chi connectivity index (χ1v) is 7.23. The van der Waals surface area contributed by atoms with Crippen molar-refractivity contribution in [3.05, 3.63) is 53.6 Å². The van der Waals surface area contributed by atoms with E-state index in [9.17, 15) is 0 Å². The molecule has 0 N–H and O–H groups in total. The van der Waals surface area contributed by atoms with Gasteiger partial charge in [-0.05, 0) is 30.4 Å². The maximum Gasteiger partial charge on any atom is 0.253 e. The van der Waals surface area contributed by atoms with E-state index in [0.29, 0.717) is 0 Å². The van der Waals surface area contributed by atoms with Gasteiger partial charge in [-0.2, -0.15) is 0 Å². The largest absolute Gasteiger partial charge is 0.253 e. The van der Waals surface area contributed by atoms with Gasteiger partial charge in [-0.3, -0.25) is 0 Å². The maximum absolute atomic E-state index is 2.31. The summed E-state index contributed by atoms with van der Waals surface area (Å²) in [4.78, 5) is 0. The molecule has 102 valence electrons. The highest BCUT2D eigenvalue weighted by molar-refractivity contribution is 5.22. The number of hydrogen-bond donors (Lipinski definition) is 0. The molecule has 2 rings (SSSR count). The van der Waals surface area contributed by atoms with Crippen molar-refractivity contribution >= 4 is 0 Å². The second kappa shape index (κ2) is 6.05. The zero-order chi connectivity index (χ0) is 13.8. The SMILES string of the molecule is CCn1cc[n+](Cc2ccc(CC(C)C)cc2)c1C. The number of rotatable bonds is 5. The van der Waals surface area contributed by atoms with Crippen molar-refractivity contribution in [2.24, 2.45) is 5.92 Å². The standard InChI is InChI=1S/C17H25N2/c1-5-18-10-11-19(15(18)4)13-17-8-6-16(7-9-17)12-14(2)3/h6-11,14H,5,12-13H2,1-4H3/q+1. The Morgan fingerprint density at radius 2 is 1.74 bits per heavy atom. The Morgan fingerprint density at radius 3 is 2.26 bits per heavy atom. The first-order valence-electron chi connectivity index (χ1n) is 7.23. The second-order valence-corrected chi connectivity index (χ2v) is 5.67. The molecule has 0 saturated carbocycles. The number of aryl methyl sites for hydroxylation is 1. The molecule has 0 saturated heterocycles. The molecule has 1 aromatic heterocycles. The molecule has 0 aliphatic heterocycles. The number of benzene rings is 1. The molecule has 0 aliphatic rings. The van der Waals surface area contributed by atoms with E-state index in [1.807, 2.05) is 0 Å². The van der Waals surface area contributed by atoms with Gasteiger partial charge in [-0.15, -0.1) is 0 Å². The predicted octanol–water partition coefficient (Wildman–Crippen LogP) is 3.35. The normalized spacial score (nSPS) is 11.2. The zero-order valence-corrected chi connectivity index (χ0v) is 12.6. The second-order valence-electron chi connectivity index (χ2n) is 5.67. The lowest BCUT2D eigenvalue weighted by atomic mass is 10.0. The molecule has 0 atom stereocenters. The van der Waals surface area contributed by atoms with Crippen LogP contribution in [-0.4, -0.2) is 4.57 Å². The average Bonchev–Trinajstić information content (AvgIpc) is 2.72. The van der Waals surface area contributed by atoms with Crippen molar-refractivity contribution in [3.63, 3.8) is 0 Å². The molecule has 1 heterocycles. The lowest BCUT2D eigenvalue weighted by molar-refractivity contribution is -0.694. The Balaban J connectivity index is 2.08. The summed E-state index contributed by atoms with van der Waals surface area (Å²) in [7, 11) is 0. The fourth-order valence-corrected chi connectivity index (χ4v) is 2.49. The van der Waals surface area contributed by atoms with Gasteiger partial charge in [-0.25, -0.2) is 9.13 Å². The van der Waals surface area contributed by atoms with Gasteiger partial charge in [0.25, 0.3) is 5.82 Å². The van der Waals surface area contributed by atoms with Crippen molar-refractivity contribution in [2.45, 2.75) is 47.2 Å². The van der Waals surface area contributed by atoms with Crippen LogP contribution in [0.4, 0.5) is 0 Å². The summed E-state index contributed by atoms with van der Waals surface area (Å²) in [6, 6.07) is 9.05. The summed E-state index contributed by atoms with van der Waals surface area (Å²) in [5.41, 5.74) is 2.81. The van der Waals surface area contributed by atoms with Gasteiger partial charge in [0.1, 0.15) is 18.9 Å². The summed E-state index contributed by atoms with van der Waals surface area (Å²) < 4.78 is 4.58. The molecule has 0 bridgehead atoms. The highest BCUT2D eigenvalue weighted by atomic mass is 15.1. The number of imidazole rings is 1. The molecule has 1 aromatic carbocycles. The predicted molar refractivity (Wildman–Crippen MR) is 79.1 cm³/mol. The molecule has 0 radical (unpaired) electrons. The molecular formula is C17H25N2+. The maximum atomic E-state index is 2.31. The minimum absolute atomic E-state index is 0.723. The molecule has 2 heteroatoms. The van der Waals surface area contributed by atoms with Gasteiger partial charge in [-0.1, -0.05) is 38.1 Å². The summed E-state index contributed by atoms with van der Waals surface area (Å²) in [5, 5.41) is 0. The van der Waals surface area contributed by atoms with Crippen LogP contribution in [0.15, 0.2) is 36.7 Å². The molecule has 2 nitrogen and oxygen atoms in total. The quantitative estimate of drug-likeness (QED) is 0.726. The average molecular weight is 257 g/mol. The number of nitrogens with zero attached hydrogens (tertiary/aromatic N) is 2. The molecule has 0 aliphatic carbocycles. The van der Waals surface area contributed by atoms with Crippen molar-refractivity contribution in [1.82, 2.24) is 4.57 Å². The van der Waals surface area contributed by atoms with Crippen molar-refractivity contribution < 1.29 is 4.57 Å². The van der Waals surface area contributed by atoms with Crippen molar-refractivity contribution in [3.8, 4) is 0 Å². The lowest BCUT2D eigenvalue weighted by Gasteiger charge is -2.06. The third-order valence-electron chi connectivity index (χ3n) is 3.62. The van der Waals surface area contributed by atoms with Crippen LogP contribution in [0.3, 0.4) is 0 Å². The van der Waals surface area contributed by atoms with E-state index < -0.39 is 0 Å².